The Morgan fingerprint density at radius 2 is 2.31 bits per heavy atom. The van der Waals surface area contributed by atoms with Gasteiger partial charge in [-0.2, -0.15) is 0 Å². The van der Waals surface area contributed by atoms with Crippen LogP contribution < -0.4 is 4.72 Å². The zero-order valence-electron chi connectivity index (χ0n) is 9.37. The molecule has 0 atom stereocenters. The number of hydrogen-bond donors (Lipinski definition) is 2. The van der Waals surface area contributed by atoms with Crippen LogP contribution >= 0.6 is 0 Å². The molecule has 1 rings (SSSR count). The van der Waals surface area contributed by atoms with Crippen LogP contribution in [0.3, 0.4) is 0 Å². The number of rotatable bonds is 5. The van der Waals surface area contributed by atoms with Gasteiger partial charge in [0, 0.05) is 19.4 Å². The predicted molar refractivity (Wildman–Crippen MR) is 61.2 cm³/mol. The molecule has 0 fully saturated rings. The Labute approximate surface area is 95.7 Å². The molecule has 0 radical (unpaired) electrons. The number of sulfonamides is 1. The molecule has 5 nitrogen and oxygen atoms in total. The van der Waals surface area contributed by atoms with Gasteiger partial charge in [-0.3, -0.25) is 0 Å². The van der Waals surface area contributed by atoms with Crippen LogP contribution in [0, 0.1) is 11.8 Å². The van der Waals surface area contributed by atoms with E-state index >= 15 is 0 Å². The van der Waals surface area contributed by atoms with Gasteiger partial charge in [0.2, 0.25) is 0 Å². The van der Waals surface area contributed by atoms with E-state index in [0.717, 1.165) is 0 Å². The molecule has 0 saturated carbocycles. The summed E-state index contributed by atoms with van der Waals surface area (Å²) in [5, 5.41) is 0.105. The molecule has 1 aromatic heterocycles. The minimum absolute atomic E-state index is 0.105. The summed E-state index contributed by atoms with van der Waals surface area (Å²) in [4.78, 5) is 6.69. The summed E-state index contributed by atoms with van der Waals surface area (Å²) in [5.74, 6) is 6.15. The Balaban J connectivity index is 2.65. The second kappa shape index (κ2) is 5.68. The zero-order valence-corrected chi connectivity index (χ0v) is 10.2. The third-order valence-electron chi connectivity index (χ3n) is 1.95. The average molecular weight is 241 g/mol. The normalized spacial score (nSPS) is 10.9. The van der Waals surface area contributed by atoms with Crippen LogP contribution in [-0.4, -0.2) is 24.9 Å². The van der Waals surface area contributed by atoms with Gasteiger partial charge in [-0.05, 0) is 6.92 Å². The first-order valence-electron chi connectivity index (χ1n) is 5.03. The van der Waals surface area contributed by atoms with Crippen molar-refractivity contribution in [1.29, 1.82) is 0 Å². The Morgan fingerprint density at radius 1 is 1.56 bits per heavy atom. The van der Waals surface area contributed by atoms with E-state index in [1.807, 2.05) is 6.92 Å². The molecular formula is C10H15N3O2S. The number of nitrogens with zero attached hydrogens (tertiary/aromatic N) is 1. The minimum atomic E-state index is -3.47. The summed E-state index contributed by atoms with van der Waals surface area (Å²) < 4.78 is 25.8. The summed E-state index contributed by atoms with van der Waals surface area (Å²) in [5.41, 5.74) is 0. The van der Waals surface area contributed by atoms with Gasteiger partial charge in [-0.15, -0.1) is 11.8 Å². The minimum Gasteiger partial charge on any atom is -0.332 e. The van der Waals surface area contributed by atoms with Crippen LogP contribution in [0.15, 0.2) is 11.2 Å². The fourth-order valence-corrected chi connectivity index (χ4v) is 2.08. The molecule has 1 aromatic rings. The maximum Gasteiger partial charge on any atom is 0.257 e. The van der Waals surface area contributed by atoms with Crippen LogP contribution in [0.1, 0.15) is 26.1 Å². The van der Waals surface area contributed by atoms with Gasteiger partial charge in [0.25, 0.3) is 10.0 Å². The number of hydrogen-bond acceptors (Lipinski definition) is 3. The summed E-state index contributed by atoms with van der Waals surface area (Å²) in [6.07, 6.45) is 2.51. The SMILES string of the molecule is CC#CCCNS(=O)(=O)c1cnc(CC)[nH]1. The van der Waals surface area contributed by atoms with Crippen molar-refractivity contribution < 1.29 is 8.42 Å². The van der Waals surface area contributed by atoms with Crippen molar-refractivity contribution in [3.05, 3.63) is 12.0 Å². The van der Waals surface area contributed by atoms with Crippen LogP contribution in [-0.2, 0) is 16.4 Å². The van der Waals surface area contributed by atoms with Crippen molar-refractivity contribution in [2.75, 3.05) is 6.54 Å². The van der Waals surface area contributed by atoms with Gasteiger partial charge >= 0.3 is 0 Å². The van der Waals surface area contributed by atoms with E-state index in [2.05, 4.69) is 26.5 Å². The Kier molecular flexibility index (Phi) is 4.52. The first-order chi connectivity index (χ1) is 7.60. The lowest BCUT2D eigenvalue weighted by Gasteiger charge is -2.01. The number of aromatic nitrogens is 2. The Morgan fingerprint density at radius 3 is 2.88 bits per heavy atom. The van der Waals surface area contributed by atoms with E-state index in [-0.39, 0.29) is 5.03 Å². The van der Waals surface area contributed by atoms with Crippen molar-refractivity contribution in [3.8, 4) is 11.8 Å². The molecule has 0 spiro atoms. The lowest BCUT2D eigenvalue weighted by atomic mass is 10.4. The smallest absolute Gasteiger partial charge is 0.257 e. The number of aromatic amines is 1. The van der Waals surface area contributed by atoms with E-state index in [1.54, 1.807) is 6.92 Å². The molecule has 2 N–H and O–H groups in total. The molecule has 0 aromatic carbocycles. The van der Waals surface area contributed by atoms with Crippen molar-refractivity contribution in [3.63, 3.8) is 0 Å². The molecule has 0 aliphatic heterocycles. The Hall–Kier alpha value is -1.32. The second-order valence-corrected chi connectivity index (χ2v) is 4.86. The maximum atomic E-state index is 11.7. The van der Waals surface area contributed by atoms with Crippen molar-refractivity contribution >= 4 is 10.0 Å². The molecule has 1 heterocycles. The second-order valence-electron chi connectivity index (χ2n) is 3.12. The van der Waals surface area contributed by atoms with Gasteiger partial charge in [-0.25, -0.2) is 18.1 Å². The van der Waals surface area contributed by atoms with E-state index in [0.29, 0.717) is 25.2 Å². The quantitative estimate of drug-likeness (QED) is 0.587. The number of H-pyrrole nitrogens is 1. The summed E-state index contributed by atoms with van der Waals surface area (Å²) >= 11 is 0. The van der Waals surface area contributed by atoms with E-state index in [4.69, 9.17) is 0 Å². The highest BCUT2D eigenvalue weighted by Crippen LogP contribution is 2.05. The largest absolute Gasteiger partial charge is 0.332 e. The first kappa shape index (κ1) is 12.7. The van der Waals surface area contributed by atoms with Gasteiger partial charge < -0.3 is 4.98 Å². The third kappa shape index (κ3) is 3.36. The van der Waals surface area contributed by atoms with Gasteiger partial charge in [0.15, 0.2) is 5.03 Å². The summed E-state index contributed by atoms with van der Waals surface area (Å²) in [6, 6.07) is 0. The highest BCUT2D eigenvalue weighted by molar-refractivity contribution is 7.89. The number of nitrogens with one attached hydrogen (secondary N) is 2. The van der Waals surface area contributed by atoms with E-state index in [1.165, 1.54) is 6.20 Å². The summed E-state index contributed by atoms with van der Waals surface area (Å²) in [7, 11) is -3.47. The lowest BCUT2D eigenvalue weighted by molar-refractivity contribution is 0.579. The molecule has 0 aliphatic carbocycles. The fourth-order valence-electron chi connectivity index (χ4n) is 1.11. The predicted octanol–water partition coefficient (Wildman–Crippen LogP) is 0.664. The molecular weight excluding hydrogens is 226 g/mol. The van der Waals surface area contributed by atoms with Crippen LogP contribution in [0.2, 0.25) is 0 Å². The molecule has 6 heteroatoms. The van der Waals surface area contributed by atoms with Crippen LogP contribution in [0.5, 0.6) is 0 Å². The molecule has 0 bridgehead atoms. The third-order valence-corrected chi connectivity index (χ3v) is 3.32. The molecule has 88 valence electrons. The molecule has 16 heavy (non-hydrogen) atoms. The van der Waals surface area contributed by atoms with Crippen molar-refractivity contribution in [1.82, 2.24) is 14.7 Å². The first-order valence-corrected chi connectivity index (χ1v) is 6.51. The van der Waals surface area contributed by atoms with Gasteiger partial charge in [0.05, 0.1) is 6.20 Å². The van der Waals surface area contributed by atoms with Gasteiger partial charge in [0.1, 0.15) is 5.82 Å². The van der Waals surface area contributed by atoms with Gasteiger partial charge in [-0.1, -0.05) is 6.92 Å². The van der Waals surface area contributed by atoms with Crippen molar-refractivity contribution in [2.24, 2.45) is 0 Å². The molecule has 0 amide bonds. The molecule has 0 aliphatic rings. The zero-order chi connectivity index (χ0) is 12.0. The lowest BCUT2D eigenvalue weighted by Crippen LogP contribution is -2.24. The molecule has 0 unspecified atom stereocenters. The maximum absolute atomic E-state index is 11.7. The van der Waals surface area contributed by atoms with Crippen LogP contribution in [0.4, 0.5) is 0 Å². The topological polar surface area (TPSA) is 74.8 Å². The highest BCUT2D eigenvalue weighted by atomic mass is 32.2. The number of imidazole rings is 1. The Bertz CT molecular complexity index is 494. The average Bonchev–Trinajstić information content (AvgIpc) is 2.73. The highest BCUT2D eigenvalue weighted by Gasteiger charge is 2.15. The standard InChI is InChI=1S/C10H15N3O2S/c1-3-5-6-7-12-16(14,15)10-8-11-9(4-2)13-10/h8,12H,4,6-7H2,1-2H3,(H,11,13). The summed E-state index contributed by atoms with van der Waals surface area (Å²) in [6.45, 7) is 3.93. The van der Waals surface area contributed by atoms with E-state index < -0.39 is 10.0 Å². The monoisotopic (exact) mass is 241 g/mol. The molecule has 0 saturated heterocycles. The van der Waals surface area contributed by atoms with Crippen molar-refractivity contribution in [2.45, 2.75) is 31.7 Å². The van der Waals surface area contributed by atoms with Crippen LogP contribution in [0.25, 0.3) is 0 Å². The fraction of sp³-hybridized carbons (Fsp3) is 0.500. The van der Waals surface area contributed by atoms with E-state index in [9.17, 15) is 8.42 Å². The number of aryl methyl sites for hydroxylation is 1.